The molecule has 4 nitrogen and oxygen atoms in total. The molecular weight excluding hydrogens is 250 g/mol. The molecule has 2 atom stereocenters. The first-order valence-corrected chi connectivity index (χ1v) is 7.04. The van der Waals surface area contributed by atoms with Crippen LogP contribution in [0, 0.1) is 6.92 Å². The van der Waals surface area contributed by atoms with Gasteiger partial charge in [0.1, 0.15) is 5.82 Å². The number of fused-ring (bicyclic) bond motifs is 1. The first kappa shape index (κ1) is 13.1. The maximum Gasteiger partial charge on any atom is 0.148 e. The number of rotatable bonds is 3. The zero-order chi connectivity index (χ0) is 14.1. The Morgan fingerprint density at radius 2 is 2.15 bits per heavy atom. The Balaban J connectivity index is 1.92. The summed E-state index contributed by atoms with van der Waals surface area (Å²) in [6, 6.07) is 8.05. The molecule has 2 N–H and O–H groups in total. The number of anilines is 1. The van der Waals surface area contributed by atoms with Crippen molar-refractivity contribution in [3.63, 3.8) is 0 Å². The molecule has 2 aromatic rings. The predicted octanol–water partition coefficient (Wildman–Crippen LogP) is 2.42. The van der Waals surface area contributed by atoms with E-state index in [1.165, 1.54) is 5.56 Å². The van der Waals surface area contributed by atoms with Gasteiger partial charge < -0.3 is 10.4 Å². The van der Waals surface area contributed by atoms with Crippen LogP contribution in [0.3, 0.4) is 0 Å². The number of nitrogens with one attached hydrogen (secondary N) is 1. The minimum Gasteiger partial charge on any atom is -0.390 e. The lowest BCUT2D eigenvalue weighted by Gasteiger charge is -2.19. The zero-order valence-corrected chi connectivity index (χ0v) is 11.8. The molecule has 4 heteroatoms. The number of aromatic nitrogens is 2. The van der Waals surface area contributed by atoms with Gasteiger partial charge in [0.15, 0.2) is 0 Å². The normalized spacial score (nSPS) is 20.8. The Morgan fingerprint density at radius 3 is 2.95 bits per heavy atom. The topological polar surface area (TPSA) is 58.0 Å². The third kappa shape index (κ3) is 2.27. The molecule has 0 amide bonds. The molecular formula is C16H19N3O. The van der Waals surface area contributed by atoms with Crippen LogP contribution in [0.4, 0.5) is 5.82 Å². The zero-order valence-electron chi connectivity index (χ0n) is 11.8. The molecule has 20 heavy (non-hydrogen) atoms. The minimum atomic E-state index is -0.418. The average molecular weight is 269 g/mol. The molecule has 0 spiro atoms. The summed E-state index contributed by atoms with van der Waals surface area (Å²) in [4.78, 5) is 8.94. The van der Waals surface area contributed by atoms with E-state index in [9.17, 15) is 5.11 Å². The largest absolute Gasteiger partial charge is 0.390 e. The molecule has 3 rings (SSSR count). The molecule has 1 aliphatic carbocycles. The summed E-state index contributed by atoms with van der Waals surface area (Å²) in [5, 5.41) is 13.6. The summed E-state index contributed by atoms with van der Waals surface area (Å²) in [7, 11) is 0. The molecule has 0 saturated carbocycles. The highest BCUT2D eigenvalue weighted by Gasteiger charge is 2.31. The maximum atomic E-state index is 10.3. The highest BCUT2D eigenvalue weighted by atomic mass is 16.3. The lowest BCUT2D eigenvalue weighted by molar-refractivity contribution is 0.165. The van der Waals surface area contributed by atoms with Crippen molar-refractivity contribution >= 4 is 5.82 Å². The molecule has 0 aliphatic heterocycles. The average Bonchev–Trinajstić information content (AvgIpc) is 2.77. The Morgan fingerprint density at radius 1 is 1.35 bits per heavy atom. The van der Waals surface area contributed by atoms with Gasteiger partial charge >= 0.3 is 0 Å². The van der Waals surface area contributed by atoms with Crippen molar-refractivity contribution in [1.29, 1.82) is 0 Å². The highest BCUT2D eigenvalue weighted by Crippen LogP contribution is 2.34. The predicted molar refractivity (Wildman–Crippen MR) is 78.7 cm³/mol. The van der Waals surface area contributed by atoms with Crippen LogP contribution in [0.5, 0.6) is 0 Å². The SMILES string of the molecule is CCc1cnc(C)c(N[C@@H]2c3ccccc3C[C@@H]2O)n1. The van der Waals surface area contributed by atoms with Crippen LogP contribution in [0.25, 0.3) is 0 Å². The number of benzene rings is 1. The van der Waals surface area contributed by atoms with Gasteiger partial charge in [0, 0.05) is 12.6 Å². The molecule has 1 aliphatic rings. The molecule has 0 saturated heterocycles. The molecule has 104 valence electrons. The molecule has 0 radical (unpaired) electrons. The third-order valence-electron chi connectivity index (χ3n) is 3.86. The standard InChI is InChI=1S/C16H19N3O/c1-3-12-9-17-10(2)16(18-12)19-15-13-7-5-4-6-11(13)8-14(15)20/h4-7,9,14-15,20H,3,8H2,1-2H3,(H,18,19)/t14-,15+/m0/s1. The molecule has 0 bridgehead atoms. The Kier molecular flexibility index (Phi) is 3.40. The Bertz CT molecular complexity index is 627. The van der Waals surface area contributed by atoms with Gasteiger partial charge in [-0.15, -0.1) is 0 Å². The van der Waals surface area contributed by atoms with E-state index in [0.29, 0.717) is 6.42 Å². The van der Waals surface area contributed by atoms with Crippen molar-refractivity contribution in [2.24, 2.45) is 0 Å². The smallest absolute Gasteiger partial charge is 0.148 e. The molecule has 1 aromatic carbocycles. The van der Waals surface area contributed by atoms with E-state index in [1.54, 1.807) is 6.20 Å². The fourth-order valence-corrected chi connectivity index (χ4v) is 2.69. The third-order valence-corrected chi connectivity index (χ3v) is 3.86. The molecule has 1 heterocycles. The van der Waals surface area contributed by atoms with Crippen LogP contribution in [-0.4, -0.2) is 21.2 Å². The monoisotopic (exact) mass is 269 g/mol. The second-order valence-corrected chi connectivity index (χ2v) is 5.24. The number of aliphatic hydroxyl groups is 1. The van der Waals surface area contributed by atoms with Gasteiger partial charge in [-0.2, -0.15) is 0 Å². The first-order chi connectivity index (χ1) is 9.69. The van der Waals surface area contributed by atoms with Crippen LogP contribution in [0.1, 0.15) is 35.5 Å². The summed E-state index contributed by atoms with van der Waals surface area (Å²) in [6.45, 7) is 3.99. The van der Waals surface area contributed by atoms with Gasteiger partial charge in [-0.05, 0) is 24.5 Å². The van der Waals surface area contributed by atoms with Crippen LogP contribution in [-0.2, 0) is 12.8 Å². The summed E-state index contributed by atoms with van der Waals surface area (Å²) in [5.74, 6) is 0.769. The Labute approximate surface area is 118 Å². The summed E-state index contributed by atoms with van der Waals surface area (Å²) >= 11 is 0. The van der Waals surface area contributed by atoms with Gasteiger partial charge in [-0.25, -0.2) is 4.98 Å². The van der Waals surface area contributed by atoms with Crippen molar-refractivity contribution in [3.05, 3.63) is 53.0 Å². The lowest BCUT2D eigenvalue weighted by Crippen LogP contribution is -2.22. The minimum absolute atomic E-state index is 0.105. The van der Waals surface area contributed by atoms with Crippen molar-refractivity contribution in [2.45, 2.75) is 38.8 Å². The van der Waals surface area contributed by atoms with Gasteiger partial charge in [0.25, 0.3) is 0 Å². The first-order valence-electron chi connectivity index (χ1n) is 7.04. The molecule has 0 fully saturated rings. The quantitative estimate of drug-likeness (QED) is 0.898. The van der Waals surface area contributed by atoms with Gasteiger partial charge in [0.2, 0.25) is 0 Å². The van der Waals surface area contributed by atoms with E-state index >= 15 is 0 Å². The van der Waals surface area contributed by atoms with Crippen LogP contribution in [0.2, 0.25) is 0 Å². The number of nitrogens with zero attached hydrogens (tertiary/aromatic N) is 2. The summed E-state index contributed by atoms with van der Waals surface area (Å²) < 4.78 is 0. The second kappa shape index (κ2) is 5.21. The van der Waals surface area contributed by atoms with Crippen molar-refractivity contribution < 1.29 is 5.11 Å². The van der Waals surface area contributed by atoms with Crippen LogP contribution >= 0.6 is 0 Å². The maximum absolute atomic E-state index is 10.3. The van der Waals surface area contributed by atoms with E-state index in [1.807, 2.05) is 19.1 Å². The van der Waals surface area contributed by atoms with Crippen molar-refractivity contribution in [3.8, 4) is 0 Å². The molecule has 1 aromatic heterocycles. The van der Waals surface area contributed by atoms with Crippen LogP contribution in [0.15, 0.2) is 30.5 Å². The summed E-state index contributed by atoms with van der Waals surface area (Å²) in [6.07, 6.45) is 2.93. The Hall–Kier alpha value is -1.94. The van der Waals surface area contributed by atoms with Crippen molar-refractivity contribution in [2.75, 3.05) is 5.32 Å². The van der Waals surface area contributed by atoms with Gasteiger partial charge in [-0.1, -0.05) is 31.2 Å². The van der Waals surface area contributed by atoms with E-state index < -0.39 is 6.10 Å². The lowest BCUT2D eigenvalue weighted by atomic mass is 10.1. The number of aryl methyl sites for hydroxylation is 2. The van der Waals surface area contributed by atoms with Crippen LogP contribution < -0.4 is 5.32 Å². The van der Waals surface area contributed by atoms with E-state index in [4.69, 9.17) is 0 Å². The number of hydrogen-bond acceptors (Lipinski definition) is 4. The van der Waals surface area contributed by atoms with Gasteiger partial charge in [0.05, 0.1) is 23.5 Å². The molecule has 0 unspecified atom stereocenters. The van der Waals surface area contributed by atoms with Crippen molar-refractivity contribution in [1.82, 2.24) is 9.97 Å². The fourth-order valence-electron chi connectivity index (χ4n) is 2.69. The van der Waals surface area contributed by atoms with E-state index in [-0.39, 0.29) is 6.04 Å². The fraction of sp³-hybridized carbons (Fsp3) is 0.375. The number of aliphatic hydroxyl groups excluding tert-OH is 1. The second-order valence-electron chi connectivity index (χ2n) is 5.24. The summed E-state index contributed by atoms with van der Waals surface area (Å²) in [5.41, 5.74) is 4.18. The van der Waals surface area contributed by atoms with Gasteiger partial charge in [-0.3, -0.25) is 4.98 Å². The highest BCUT2D eigenvalue weighted by molar-refractivity contribution is 5.47. The van der Waals surface area contributed by atoms with E-state index in [0.717, 1.165) is 29.2 Å². The number of hydrogen-bond donors (Lipinski definition) is 2. The van der Waals surface area contributed by atoms with E-state index in [2.05, 4.69) is 34.3 Å².